The van der Waals surface area contributed by atoms with E-state index in [9.17, 15) is 0 Å². The van der Waals surface area contributed by atoms with Gasteiger partial charge in [0.05, 0.1) is 17.7 Å². The first kappa shape index (κ1) is 13.7. The second kappa shape index (κ2) is 5.35. The standard InChI is InChI=1S/C18H15N3O2/c1-3-22-18-16-15(19-10-20-18)14-11(2)9-13(21-17(14)23-16)12-7-5-4-6-8-12/h4-10H,3H2,1-2H3. The zero-order valence-electron chi connectivity index (χ0n) is 12.9. The molecule has 0 saturated carbocycles. The molecular formula is C18H15N3O2. The van der Waals surface area contributed by atoms with Gasteiger partial charge in [-0.3, -0.25) is 0 Å². The van der Waals surface area contributed by atoms with Crippen molar-refractivity contribution in [3.05, 3.63) is 48.3 Å². The zero-order chi connectivity index (χ0) is 15.8. The molecule has 0 atom stereocenters. The van der Waals surface area contributed by atoms with Gasteiger partial charge in [-0.05, 0) is 25.5 Å². The Balaban J connectivity index is 2.00. The van der Waals surface area contributed by atoms with Gasteiger partial charge < -0.3 is 9.15 Å². The first-order valence-corrected chi connectivity index (χ1v) is 7.51. The van der Waals surface area contributed by atoms with Crippen molar-refractivity contribution in [3.8, 4) is 17.1 Å². The van der Waals surface area contributed by atoms with Crippen LogP contribution in [0.3, 0.4) is 0 Å². The molecule has 0 saturated heterocycles. The normalized spacial score (nSPS) is 11.2. The predicted molar refractivity (Wildman–Crippen MR) is 88.4 cm³/mol. The Morgan fingerprint density at radius 3 is 2.74 bits per heavy atom. The molecule has 0 aliphatic heterocycles. The molecule has 0 N–H and O–H groups in total. The van der Waals surface area contributed by atoms with Crippen molar-refractivity contribution in [3.63, 3.8) is 0 Å². The van der Waals surface area contributed by atoms with Crippen molar-refractivity contribution >= 4 is 22.2 Å². The topological polar surface area (TPSA) is 61.0 Å². The summed E-state index contributed by atoms with van der Waals surface area (Å²) < 4.78 is 11.4. The highest BCUT2D eigenvalue weighted by atomic mass is 16.5. The summed E-state index contributed by atoms with van der Waals surface area (Å²) in [5, 5.41) is 0.906. The average molecular weight is 305 g/mol. The molecule has 1 aromatic carbocycles. The number of rotatable bonds is 3. The summed E-state index contributed by atoms with van der Waals surface area (Å²) in [4.78, 5) is 13.2. The van der Waals surface area contributed by atoms with E-state index in [4.69, 9.17) is 9.15 Å². The molecule has 4 aromatic rings. The third kappa shape index (κ3) is 2.21. The number of furan rings is 1. The number of hydrogen-bond acceptors (Lipinski definition) is 5. The number of hydrogen-bond donors (Lipinski definition) is 0. The number of benzene rings is 1. The van der Waals surface area contributed by atoms with Crippen LogP contribution in [0.25, 0.3) is 33.5 Å². The molecular weight excluding hydrogens is 290 g/mol. The van der Waals surface area contributed by atoms with Crippen molar-refractivity contribution in [1.29, 1.82) is 0 Å². The van der Waals surface area contributed by atoms with Gasteiger partial charge in [-0.25, -0.2) is 9.97 Å². The van der Waals surface area contributed by atoms with Gasteiger partial charge >= 0.3 is 0 Å². The van der Waals surface area contributed by atoms with E-state index in [1.807, 2.05) is 44.2 Å². The zero-order valence-corrected chi connectivity index (χ0v) is 12.9. The smallest absolute Gasteiger partial charge is 0.261 e. The number of fused-ring (bicyclic) bond motifs is 3. The van der Waals surface area contributed by atoms with Crippen LogP contribution in [0.2, 0.25) is 0 Å². The molecule has 0 spiro atoms. The predicted octanol–water partition coefficient (Wildman–Crippen LogP) is 4.15. The second-order valence-electron chi connectivity index (χ2n) is 5.26. The molecule has 5 heteroatoms. The van der Waals surface area contributed by atoms with E-state index in [-0.39, 0.29) is 0 Å². The fourth-order valence-corrected chi connectivity index (χ4v) is 2.73. The van der Waals surface area contributed by atoms with Crippen molar-refractivity contribution < 1.29 is 9.15 Å². The molecule has 0 aliphatic carbocycles. The first-order chi connectivity index (χ1) is 11.3. The lowest BCUT2D eigenvalue weighted by Gasteiger charge is -2.02. The summed E-state index contributed by atoms with van der Waals surface area (Å²) in [6.45, 7) is 4.46. The molecule has 0 amide bonds. The van der Waals surface area contributed by atoms with E-state index < -0.39 is 0 Å². The van der Waals surface area contributed by atoms with Crippen LogP contribution in [0, 0.1) is 6.92 Å². The molecule has 0 aliphatic rings. The number of ether oxygens (including phenoxy) is 1. The molecule has 23 heavy (non-hydrogen) atoms. The van der Waals surface area contributed by atoms with Crippen molar-refractivity contribution in [2.75, 3.05) is 6.61 Å². The Morgan fingerprint density at radius 2 is 1.96 bits per heavy atom. The lowest BCUT2D eigenvalue weighted by molar-refractivity contribution is 0.325. The Labute approximate surface area is 133 Å². The number of nitrogens with zero attached hydrogens (tertiary/aromatic N) is 3. The molecule has 0 unspecified atom stereocenters. The van der Waals surface area contributed by atoms with Crippen LogP contribution >= 0.6 is 0 Å². The molecule has 3 aromatic heterocycles. The number of pyridine rings is 1. The average Bonchev–Trinajstić information content (AvgIpc) is 2.96. The Hall–Kier alpha value is -2.95. The van der Waals surface area contributed by atoms with Gasteiger partial charge in [0.15, 0.2) is 0 Å². The van der Waals surface area contributed by atoms with E-state index in [0.717, 1.165) is 27.7 Å². The lowest BCUT2D eigenvalue weighted by Crippen LogP contribution is -1.95. The Kier molecular flexibility index (Phi) is 3.19. The molecule has 5 nitrogen and oxygen atoms in total. The summed E-state index contributed by atoms with van der Waals surface area (Å²) in [5.41, 5.74) is 4.83. The number of aromatic nitrogens is 3. The highest BCUT2D eigenvalue weighted by Gasteiger charge is 2.18. The number of aryl methyl sites for hydroxylation is 1. The monoisotopic (exact) mass is 305 g/mol. The molecule has 114 valence electrons. The van der Waals surface area contributed by atoms with Crippen LogP contribution in [0.4, 0.5) is 0 Å². The SMILES string of the molecule is CCOc1ncnc2c1oc1nc(-c3ccccc3)cc(C)c12. The fraction of sp³-hybridized carbons (Fsp3) is 0.167. The van der Waals surface area contributed by atoms with E-state index in [1.54, 1.807) is 0 Å². The molecule has 0 fully saturated rings. The minimum absolute atomic E-state index is 0.455. The third-order valence-corrected chi connectivity index (χ3v) is 3.74. The van der Waals surface area contributed by atoms with Crippen molar-refractivity contribution in [2.24, 2.45) is 0 Å². The maximum Gasteiger partial charge on any atom is 0.261 e. The van der Waals surface area contributed by atoms with Gasteiger partial charge in [-0.15, -0.1) is 0 Å². The maximum absolute atomic E-state index is 5.92. The van der Waals surface area contributed by atoms with Gasteiger partial charge in [0, 0.05) is 5.56 Å². The summed E-state index contributed by atoms with van der Waals surface area (Å²) in [6, 6.07) is 12.1. The molecule has 0 bridgehead atoms. The molecule has 3 heterocycles. The van der Waals surface area contributed by atoms with E-state index >= 15 is 0 Å². The van der Waals surface area contributed by atoms with Gasteiger partial charge in [-0.1, -0.05) is 30.3 Å². The van der Waals surface area contributed by atoms with Crippen LogP contribution in [-0.2, 0) is 0 Å². The van der Waals surface area contributed by atoms with Crippen LogP contribution in [0.15, 0.2) is 47.1 Å². The summed E-state index contributed by atoms with van der Waals surface area (Å²) in [6.07, 6.45) is 1.49. The third-order valence-electron chi connectivity index (χ3n) is 3.74. The van der Waals surface area contributed by atoms with Crippen LogP contribution in [0.5, 0.6) is 5.88 Å². The van der Waals surface area contributed by atoms with E-state index in [1.165, 1.54) is 6.33 Å². The van der Waals surface area contributed by atoms with Crippen LogP contribution in [0.1, 0.15) is 12.5 Å². The Morgan fingerprint density at radius 1 is 1.13 bits per heavy atom. The van der Waals surface area contributed by atoms with Gasteiger partial charge in [-0.2, -0.15) is 4.98 Å². The van der Waals surface area contributed by atoms with E-state index in [2.05, 4.69) is 21.0 Å². The molecule has 4 rings (SSSR count). The minimum Gasteiger partial charge on any atom is -0.475 e. The van der Waals surface area contributed by atoms with Gasteiger partial charge in [0.2, 0.25) is 11.3 Å². The Bertz CT molecular complexity index is 993. The highest BCUT2D eigenvalue weighted by Crippen LogP contribution is 2.34. The minimum atomic E-state index is 0.455. The highest BCUT2D eigenvalue weighted by molar-refractivity contribution is 6.04. The quantitative estimate of drug-likeness (QED) is 0.569. The summed E-state index contributed by atoms with van der Waals surface area (Å²) in [7, 11) is 0. The van der Waals surface area contributed by atoms with Crippen molar-refractivity contribution in [2.45, 2.75) is 13.8 Å². The van der Waals surface area contributed by atoms with Crippen molar-refractivity contribution in [1.82, 2.24) is 15.0 Å². The largest absolute Gasteiger partial charge is 0.475 e. The maximum atomic E-state index is 5.92. The van der Waals surface area contributed by atoms with Gasteiger partial charge in [0.1, 0.15) is 11.8 Å². The fourth-order valence-electron chi connectivity index (χ4n) is 2.73. The molecule has 0 radical (unpaired) electrons. The first-order valence-electron chi connectivity index (χ1n) is 7.51. The summed E-state index contributed by atoms with van der Waals surface area (Å²) >= 11 is 0. The van der Waals surface area contributed by atoms with E-state index in [0.29, 0.717) is 23.8 Å². The van der Waals surface area contributed by atoms with Crippen LogP contribution in [-0.4, -0.2) is 21.6 Å². The lowest BCUT2D eigenvalue weighted by atomic mass is 10.1. The van der Waals surface area contributed by atoms with Gasteiger partial charge in [0.25, 0.3) is 5.88 Å². The second-order valence-corrected chi connectivity index (χ2v) is 5.26. The summed E-state index contributed by atoms with van der Waals surface area (Å²) in [5.74, 6) is 0.455. The van der Waals surface area contributed by atoms with Crippen LogP contribution < -0.4 is 4.74 Å².